The third-order valence-corrected chi connectivity index (χ3v) is 3.34. The van der Waals surface area contributed by atoms with Crippen molar-refractivity contribution >= 4 is 22.5 Å². The van der Waals surface area contributed by atoms with Crippen LogP contribution in [0.4, 0.5) is 0 Å². The van der Waals surface area contributed by atoms with Gasteiger partial charge in [-0.15, -0.1) is 6.58 Å². The Morgan fingerprint density at radius 3 is 2.95 bits per heavy atom. The summed E-state index contributed by atoms with van der Waals surface area (Å²) in [6.07, 6.45) is 2.76. The number of ether oxygens (including phenoxy) is 1. The monoisotopic (exact) mass is 278 g/mol. The summed E-state index contributed by atoms with van der Waals surface area (Å²) in [6, 6.07) is 8.05. The van der Waals surface area contributed by atoms with Gasteiger partial charge >= 0.3 is 0 Å². The summed E-state index contributed by atoms with van der Waals surface area (Å²) in [5, 5.41) is 5.19. The van der Waals surface area contributed by atoms with Gasteiger partial charge in [0.2, 0.25) is 0 Å². The second-order valence-electron chi connectivity index (χ2n) is 4.33. The molecule has 0 spiro atoms. The minimum atomic E-state index is 0.700. The molecular weight excluding hydrogens is 260 g/mol. The van der Waals surface area contributed by atoms with Gasteiger partial charge in [0, 0.05) is 29.7 Å². The van der Waals surface area contributed by atoms with Crippen LogP contribution < -0.4 is 5.32 Å². The lowest BCUT2D eigenvalue weighted by Crippen LogP contribution is -2.19. The van der Waals surface area contributed by atoms with Gasteiger partial charge in [0.05, 0.1) is 18.2 Å². The molecule has 102 valence electrons. The molecule has 0 saturated heterocycles. The molecule has 0 unspecified atom stereocenters. The molecule has 1 aromatic heterocycles. The van der Waals surface area contributed by atoms with Crippen molar-refractivity contribution in [2.24, 2.45) is 0 Å². The van der Waals surface area contributed by atoms with E-state index in [1.165, 1.54) is 0 Å². The fraction of sp³-hybridized carbons (Fsp3) is 0.333. The molecule has 19 heavy (non-hydrogen) atoms. The summed E-state index contributed by atoms with van der Waals surface area (Å²) in [6.45, 7) is 6.61. The largest absolute Gasteiger partial charge is 0.380 e. The van der Waals surface area contributed by atoms with Crippen LogP contribution >= 0.6 is 11.6 Å². The van der Waals surface area contributed by atoms with E-state index in [1.54, 1.807) is 0 Å². The van der Waals surface area contributed by atoms with E-state index in [0.717, 1.165) is 47.7 Å². The van der Waals surface area contributed by atoms with Crippen molar-refractivity contribution in [1.82, 2.24) is 10.3 Å². The predicted octanol–water partition coefficient (Wildman–Crippen LogP) is 3.50. The number of nitrogens with one attached hydrogen (secondary N) is 2. The van der Waals surface area contributed by atoms with Gasteiger partial charge in [-0.1, -0.05) is 35.9 Å². The number of fused-ring (bicyclic) bond motifs is 1. The molecule has 3 nitrogen and oxygen atoms in total. The second kappa shape index (κ2) is 7.34. The van der Waals surface area contributed by atoms with E-state index in [-0.39, 0.29) is 0 Å². The summed E-state index contributed by atoms with van der Waals surface area (Å²) in [4.78, 5) is 3.33. The maximum absolute atomic E-state index is 6.32. The van der Waals surface area contributed by atoms with Crippen molar-refractivity contribution in [3.63, 3.8) is 0 Å². The van der Waals surface area contributed by atoms with Crippen molar-refractivity contribution in [2.45, 2.75) is 13.0 Å². The summed E-state index contributed by atoms with van der Waals surface area (Å²) in [5.41, 5.74) is 2.10. The SMILES string of the molecule is C=CCCOCCNCc1[nH]c2ccccc2c1Cl. The van der Waals surface area contributed by atoms with Crippen LogP contribution in [0.3, 0.4) is 0 Å². The van der Waals surface area contributed by atoms with Crippen molar-refractivity contribution in [1.29, 1.82) is 0 Å². The van der Waals surface area contributed by atoms with Crippen LogP contribution in [0.2, 0.25) is 5.02 Å². The lowest BCUT2D eigenvalue weighted by Gasteiger charge is -2.04. The first-order chi connectivity index (χ1) is 9.33. The Bertz CT molecular complexity index is 536. The van der Waals surface area contributed by atoms with Crippen LogP contribution in [0.5, 0.6) is 0 Å². The Morgan fingerprint density at radius 2 is 2.16 bits per heavy atom. The zero-order chi connectivity index (χ0) is 13.5. The first-order valence-electron chi connectivity index (χ1n) is 6.47. The van der Waals surface area contributed by atoms with Crippen LogP contribution in [-0.2, 0) is 11.3 Å². The molecule has 2 aromatic rings. The van der Waals surface area contributed by atoms with Gasteiger partial charge in [-0.3, -0.25) is 0 Å². The predicted molar refractivity (Wildman–Crippen MR) is 80.6 cm³/mol. The number of aromatic nitrogens is 1. The average molecular weight is 279 g/mol. The highest BCUT2D eigenvalue weighted by molar-refractivity contribution is 6.36. The van der Waals surface area contributed by atoms with E-state index in [2.05, 4.69) is 16.9 Å². The van der Waals surface area contributed by atoms with E-state index in [4.69, 9.17) is 16.3 Å². The molecule has 0 fully saturated rings. The molecule has 2 N–H and O–H groups in total. The van der Waals surface area contributed by atoms with Crippen LogP contribution in [-0.4, -0.2) is 24.7 Å². The van der Waals surface area contributed by atoms with Crippen LogP contribution in [0.1, 0.15) is 12.1 Å². The third-order valence-electron chi connectivity index (χ3n) is 2.91. The molecular formula is C15H19ClN2O. The Kier molecular flexibility index (Phi) is 5.45. The van der Waals surface area contributed by atoms with Crippen LogP contribution in [0.15, 0.2) is 36.9 Å². The van der Waals surface area contributed by atoms with Gasteiger partial charge in [0.25, 0.3) is 0 Å². The quantitative estimate of drug-likeness (QED) is 0.573. The molecule has 1 heterocycles. The van der Waals surface area contributed by atoms with Crippen molar-refractivity contribution in [3.05, 3.63) is 47.6 Å². The van der Waals surface area contributed by atoms with Gasteiger partial charge in [-0.05, 0) is 12.5 Å². The maximum atomic E-state index is 6.32. The number of H-pyrrole nitrogens is 1. The van der Waals surface area contributed by atoms with E-state index in [1.807, 2.05) is 30.3 Å². The number of aromatic amines is 1. The minimum Gasteiger partial charge on any atom is -0.380 e. The molecule has 0 saturated carbocycles. The first-order valence-corrected chi connectivity index (χ1v) is 6.85. The number of halogens is 1. The van der Waals surface area contributed by atoms with Gasteiger partial charge in [-0.2, -0.15) is 0 Å². The van der Waals surface area contributed by atoms with E-state index < -0.39 is 0 Å². The van der Waals surface area contributed by atoms with Gasteiger partial charge in [0.1, 0.15) is 0 Å². The molecule has 0 aliphatic rings. The fourth-order valence-electron chi connectivity index (χ4n) is 1.91. The van der Waals surface area contributed by atoms with E-state index in [9.17, 15) is 0 Å². The average Bonchev–Trinajstić information content (AvgIpc) is 2.75. The normalized spacial score (nSPS) is 11.0. The highest BCUT2D eigenvalue weighted by Crippen LogP contribution is 2.26. The highest BCUT2D eigenvalue weighted by Gasteiger charge is 2.07. The standard InChI is InChI=1S/C15H19ClN2O/c1-2-3-9-19-10-8-17-11-14-15(16)12-6-4-5-7-13(12)18-14/h2,4-7,17-18H,1,3,8-11H2. The zero-order valence-electron chi connectivity index (χ0n) is 10.9. The van der Waals surface area contributed by atoms with Gasteiger partial charge < -0.3 is 15.0 Å². The highest BCUT2D eigenvalue weighted by atomic mass is 35.5. The van der Waals surface area contributed by atoms with Crippen LogP contribution in [0.25, 0.3) is 10.9 Å². The Labute approximate surface area is 118 Å². The van der Waals surface area contributed by atoms with Crippen LogP contribution in [0, 0.1) is 0 Å². The van der Waals surface area contributed by atoms with E-state index in [0.29, 0.717) is 6.61 Å². The Hall–Kier alpha value is -1.29. The Morgan fingerprint density at radius 1 is 1.32 bits per heavy atom. The molecule has 0 aliphatic carbocycles. The van der Waals surface area contributed by atoms with Crippen molar-refractivity contribution in [3.8, 4) is 0 Å². The fourth-order valence-corrected chi connectivity index (χ4v) is 2.19. The molecule has 1 aromatic carbocycles. The maximum Gasteiger partial charge on any atom is 0.0705 e. The molecule has 0 radical (unpaired) electrons. The number of para-hydroxylation sites is 1. The lowest BCUT2D eigenvalue weighted by atomic mass is 10.2. The molecule has 0 amide bonds. The molecule has 4 heteroatoms. The van der Waals surface area contributed by atoms with Crippen molar-refractivity contribution < 1.29 is 4.74 Å². The van der Waals surface area contributed by atoms with E-state index >= 15 is 0 Å². The summed E-state index contributed by atoms with van der Waals surface area (Å²) in [5.74, 6) is 0. The third kappa shape index (κ3) is 3.83. The summed E-state index contributed by atoms with van der Waals surface area (Å²) >= 11 is 6.32. The number of hydrogen-bond acceptors (Lipinski definition) is 2. The zero-order valence-corrected chi connectivity index (χ0v) is 11.7. The molecule has 0 atom stereocenters. The first kappa shape index (κ1) is 14.1. The van der Waals surface area contributed by atoms with Crippen molar-refractivity contribution in [2.75, 3.05) is 19.8 Å². The smallest absolute Gasteiger partial charge is 0.0705 e. The molecule has 0 aliphatic heterocycles. The molecule has 0 bridgehead atoms. The summed E-state index contributed by atoms with van der Waals surface area (Å²) in [7, 11) is 0. The number of rotatable bonds is 8. The number of benzene rings is 1. The minimum absolute atomic E-state index is 0.700. The lowest BCUT2D eigenvalue weighted by molar-refractivity contribution is 0.140. The topological polar surface area (TPSA) is 37.0 Å². The number of hydrogen-bond donors (Lipinski definition) is 2. The van der Waals surface area contributed by atoms with Gasteiger partial charge in [0.15, 0.2) is 0 Å². The summed E-state index contributed by atoms with van der Waals surface area (Å²) < 4.78 is 5.42. The molecule has 2 rings (SSSR count). The Balaban J connectivity index is 1.78. The second-order valence-corrected chi connectivity index (χ2v) is 4.71. The van der Waals surface area contributed by atoms with Gasteiger partial charge in [-0.25, -0.2) is 0 Å².